The molecule has 0 radical (unpaired) electrons. The van der Waals surface area contributed by atoms with Crippen LogP contribution in [0, 0.1) is 0 Å². The van der Waals surface area contributed by atoms with Gasteiger partial charge in [-0.3, -0.25) is 4.79 Å². The number of nitrogens with one attached hydrogen (secondary N) is 1. The van der Waals surface area contributed by atoms with Gasteiger partial charge in [0.1, 0.15) is 5.75 Å². The Morgan fingerprint density at radius 3 is 2.71 bits per heavy atom. The number of benzene rings is 1. The van der Waals surface area contributed by atoms with Gasteiger partial charge in [-0.2, -0.15) is 0 Å². The maximum absolute atomic E-state index is 12.0. The van der Waals surface area contributed by atoms with Crippen LogP contribution in [0.15, 0.2) is 36.5 Å². The lowest BCUT2D eigenvalue weighted by molar-refractivity contribution is 0.0942. The molecule has 0 atom stereocenters. The van der Waals surface area contributed by atoms with E-state index in [-0.39, 0.29) is 18.0 Å². The largest absolute Gasteiger partial charge is 0.505 e. The van der Waals surface area contributed by atoms with E-state index >= 15 is 0 Å². The predicted molar refractivity (Wildman–Crippen MR) is 76.6 cm³/mol. The zero-order chi connectivity index (χ0) is 15.2. The van der Waals surface area contributed by atoms with E-state index in [2.05, 4.69) is 10.3 Å². The van der Waals surface area contributed by atoms with E-state index in [1.165, 1.54) is 19.4 Å². The van der Waals surface area contributed by atoms with Gasteiger partial charge in [0.2, 0.25) is 0 Å². The number of carbonyl (C=O) groups is 1. The number of hydrogen-bond donors (Lipinski definition) is 2. The summed E-state index contributed by atoms with van der Waals surface area (Å²) in [5.74, 6) is 0.529. The van der Waals surface area contributed by atoms with Crippen molar-refractivity contribution in [1.82, 2.24) is 10.3 Å². The van der Waals surface area contributed by atoms with Crippen LogP contribution in [0.3, 0.4) is 0 Å². The van der Waals surface area contributed by atoms with Crippen LogP contribution in [0.1, 0.15) is 16.1 Å². The summed E-state index contributed by atoms with van der Waals surface area (Å²) in [6.45, 7) is 0.231. The standard InChI is InChI=1S/C15H16N2O4/c1-20-12-7-3-5-10(14(12)21-2)9-17-15(19)13-11(18)6-4-8-16-13/h3-8,18H,9H2,1-2H3,(H,17,19). The number of para-hydroxylation sites is 1. The Morgan fingerprint density at radius 2 is 2.05 bits per heavy atom. The number of carbonyl (C=O) groups excluding carboxylic acids is 1. The number of aromatic hydroxyl groups is 1. The molecule has 0 unspecified atom stereocenters. The highest BCUT2D eigenvalue weighted by Crippen LogP contribution is 2.30. The zero-order valence-corrected chi connectivity index (χ0v) is 11.8. The van der Waals surface area contributed by atoms with Gasteiger partial charge in [0.05, 0.1) is 14.2 Å². The summed E-state index contributed by atoms with van der Waals surface area (Å²) in [5, 5.41) is 12.3. The molecule has 21 heavy (non-hydrogen) atoms. The molecule has 1 aromatic heterocycles. The Morgan fingerprint density at radius 1 is 1.24 bits per heavy atom. The SMILES string of the molecule is COc1cccc(CNC(=O)c2ncccc2O)c1OC. The number of hydrogen-bond acceptors (Lipinski definition) is 5. The molecule has 6 nitrogen and oxygen atoms in total. The average Bonchev–Trinajstić information content (AvgIpc) is 2.52. The van der Waals surface area contributed by atoms with Crippen molar-refractivity contribution in [1.29, 1.82) is 0 Å². The molecule has 0 saturated heterocycles. The van der Waals surface area contributed by atoms with Crippen LogP contribution in [-0.2, 0) is 6.54 Å². The zero-order valence-electron chi connectivity index (χ0n) is 11.8. The number of nitrogens with zero attached hydrogens (tertiary/aromatic N) is 1. The number of amides is 1. The second-order valence-electron chi connectivity index (χ2n) is 4.21. The molecule has 0 spiro atoms. The third-order valence-corrected chi connectivity index (χ3v) is 2.93. The third-order valence-electron chi connectivity index (χ3n) is 2.93. The highest BCUT2D eigenvalue weighted by atomic mass is 16.5. The normalized spacial score (nSPS) is 10.0. The van der Waals surface area contributed by atoms with Crippen LogP contribution in [0.2, 0.25) is 0 Å². The Bertz CT molecular complexity index is 643. The lowest BCUT2D eigenvalue weighted by Crippen LogP contribution is -2.24. The van der Waals surface area contributed by atoms with Gasteiger partial charge in [-0.25, -0.2) is 4.98 Å². The van der Waals surface area contributed by atoms with E-state index in [9.17, 15) is 9.90 Å². The minimum atomic E-state index is -0.460. The second-order valence-corrected chi connectivity index (χ2v) is 4.21. The first-order valence-electron chi connectivity index (χ1n) is 6.29. The van der Waals surface area contributed by atoms with Crippen molar-refractivity contribution in [3.05, 3.63) is 47.8 Å². The Kier molecular flexibility index (Phi) is 4.61. The Labute approximate surface area is 122 Å². The smallest absolute Gasteiger partial charge is 0.274 e. The van der Waals surface area contributed by atoms with Crippen LogP contribution in [-0.4, -0.2) is 30.2 Å². The predicted octanol–water partition coefficient (Wildman–Crippen LogP) is 1.73. The fourth-order valence-corrected chi connectivity index (χ4v) is 1.92. The number of aromatic nitrogens is 1. The molecule has 0 bridgehead atoms. The van der Waals surface area contributed by atoms with E-state index in [4.69, 9.17) is 9.47 Å². The van der Waals surface area contributed by atoms with Gasteiger partial charge in [-0.1, -0.05) is 12.1 Å². The lowest BCUT2D eigenvalue weighted by atomic mass is 10.2. The third kappa shape index (κ3) is 3.22. The first-order chi connectivity index (χ1) is 10.2. The van der Waals surface area contributed by atoms with Crippen LogP contribution in [0.25, 0.3) is 0 Å². The first kappa shape index (κ1) is 14.6. The number of methoxy groups -OCH3 is 2. The molecule has 2 aromatic rings. The van der Waals surface area contributed by atoms with E-state index < -0.39 is 5.91 Å². The minimum absolute atomic E-state index is 0.0145. The molecule has 1 heterocycles. The van der Waals surface area contributed by atoms with Gasteiger partial charge >= 0.3 is 0 Å². The van der Waals surface area contributed by atoms with Crippen molar-refractivity contribution in [2.45, 2.75) is 6.54 Å². The van der Waals surface area contributed by atoms with E-state index in [1.54, 1.807) is 25.3 Å². The van der Waals surface area contributed by atoms with Crippen molar-refractivity contribution >= 4 is 5.91 Å². The van der Waals surface area contributed by atoms with Crippen molar-refractivity contribution in [3.63, 3.8) is 0 Å². The summed E-state index contributed by atoms with van der Waals surface area (Å²) in [6.07, 6.45) is 1.45. The molecule has 6 heteroatoms. The van der Waals surface area contributed by atoms with Crippen molar-refractivity contribution in [2.75, 3.05) is 14.2 Å². The van der Waals surface area contributed by atoms with Gasteiger partial charge in [0, 0.05) is 18.3 Å². The molecule has 2 N–H and O–H groups in total. The number of rotatable bonds is 5. The Balaban J connectivity index is 2.14. The molecule has 1 aromatic carbocycles. The van der Waals surface area contributed by atoms with Gasteiger partial charge in [0.15, 0.2) is 17.2 Å². The van der Waals surface area contributed by atoms with Gasteiger partial charge in [-0.05, 0) is 18.2 Å². The molecule has 0 aliphatic heterocycles. The van der Waals surface area contributed by atoms with Gasteiger partial charge in [0.25, 0.3) is 5.91 Å². The summed E-state index contributed by atoms with van der Waals surface area (Å²) in [7, 11) is 3.08. The molecule has 1 amide bonds. The van der Waals surface area contributed by atoms with Crippen LogP contribution < -0.4 is 14.8 Å². The fraction of sp³-hybridized carbons (Fsp3) is 0.200. The van der Waals surface area contributed by atoms with Crippen LogP contribution in [0.5, 0.6) is 17.2 Å². The van der Waals surface area contributed by atoms with Crippen LogP contribution in [0.4, 0.5) is 0 Å². The van der Waals surface area contributed by atoms with Gasteiger partial charge in [-0.15, -0.1) is 0 Å². The molecule has 0 aliphatic carbocycles. The summed E-state index contributed by atoms with van der Waals surface area (Å²) in [4.78, 5) is 15.8. The molecular weight excluding hydrogens is 272 g/mol. The second kappa shape index (κ2) is 6.60. The van der Waals surface area contributed by atoms with Crippen LogP contribution >= 0.6 is 0 Å². The molecule has 2 rings (SSSR count). The maximum Gasteiger partial charge on any atom is 0.274 e. The Hall–Kier alpha value is -2.76. The average molecular weight is 288 g/mol. The summed E-state index contributed by atoms with van der Waals surface area (Å²) >= 11 is 0. The molecule has 110 valence electrons. The molecule has 0 saturated carbocycles. The van der Waals surface area contributed by atoms with Gasteiger partial charge < -0.3 is 19.9 Å². The summed E-state index contributed by atoms with van der Waals surface area (Å²) in [6, 6.07) is 8.36. The molecule has 0 aliphatic rings. The van der Waals surface area contributed by atoms with E-state index in [1.807, 2.05) is 6.07 Å². The minimum Gasteiger partial charge on any atom is -0.505 e. The maximum atomic E-state index is 12.0. The van der Waals surface area contributed by atoms with E-state index in [0.717, 1.165) is 5.56 Å². The molecular formula is C15H16N2O4. The monoisotopic (exact) mass is 288 g/mol. The highest BCUT2D eigenvalue weighted by Gasteiger charge is 2.14. The van der Waals surface area contributed by atoms with Crippen molar-refractivity contribution in [2.24, 2.45) is 0 Å². The topological polar surface area (TPSA) is 80.7 Å². The number of pyridine rings is 1. The van der Waals surface area contributed by atoms with Crippen molar-refractivity contribution in [3.8, 4) is 17.2 Å². The molecule has 0 fully saturated rings. The summed E-state index contributed by atoms with van der Waals surface area (Å²) < 4.78 is 10.5. The lowest BCUT2D eigenvalue weighted by Gasteiger charge is -2.13. The first-order valence-corrected chi connectivity index (χ1v) is 6.29. The van der Waals surface area contributed by atoms with Crippen molar-refractivity contribution < 1.29 is 19.4 Å². The summed E-state index contributed by atoms with van der Waals surface area (Å²) in [5.41, 5.74) is 0.750. The number of ether oxygens (including phenoxy) is 2. The quantitative estimate of drug-likeness (QED) is 0.876. The van der Waals surface area contributed by atoms with E-state index in [0.29, 0.717) is 11.5 Å². The fourth-order valence-electron chi connectivity index (χ4n) is 1.92. The highest BCUT2D eigenvalue weighted by molar-refractivity contribution is 5.94.